The lowest BCUT2D eigenvalue weighted by atomic mass is 9.79. The number of amides is 1. The summed E-state index contributed by atoms with van der Waals surface area (Å²) in [7, 11) is 0. The van der Waals surface area contributed by atoms with Gasteiger partial charge in [0.1, 0.15) is 5.82 Å². The molecule has 1 heterocycles. The van der Waals surface area contributed by atoms with E-state index in [1.54, 1.807) is 12.1 Å². The summed E-state index contributed by atoms with van der Waals surface area (Å²) < 4.78 is 13.4. The summed E-state index contributed by atoms with van der Waals surface area (Å²) in [5.74, 6) is -0.00913. The van der Waals surface area contributed by atoms with E-state index < -0.39 is 0 Å². The highest BCUT2D eigenvalue weighted by molar-refractivity contribution is 7.80. The van der Waals surface area contributed by atoms with Crippen LogP contribution in [-0.2, 0) is 10.2 Å². The zero-order valence-corrected chi connectivity index (χ0v) is 18.2. The summed E-state index contributed by atoms with van der Waals surface area (Å²) in [6.45, 7) is 3.53. The summed E-state index contributed by atoms with van der Waals surface area (Å²) in [5, 5.41) is 7.23. The molecule has 2 fully saturated rings. The van der Waals surface area contributed by atoms with Crippen molar-refractivity contribution in [3.05, 3.63) is 59.4 Å². The Labute approximate surface area is 182 Å². The second-order valence-electron chi connectivity index (χ2n) is 8.45. The number of rotatable bonds is 5. The van der Waals surface area contributed by atoms with Crippen LogP contribution in [0, 0.1) is 12.7 Å². The van der Waals surface area contributed by atoms with E-state index >= 15 is 0 Å². The molecule has 4 rings (SSSR count). The van der Waals surface area contributed by atoms with Crippen molar-refractivity contribution in [3.8, 4) is 0 Å². The summed E-state index contributed by atoms with van der Waals surface area (Å²) >= 11 is 5.55. The van der Waals surface area contributed by atoms with Crippen molar-refractivity contribution in [3.63, 3.8) is 0 Å². The molecular weight excluding hydrogens is 397 g/mol. The van der Waals surface area contributed by atoms with Crippen LogP contribution < -0.4 is 15.5 Å². The average molecular weight is 426 g/mol. The first-order chi connectivity index (χ1) is 14.5. The molecule has 0 aromatic heterocycles. The molecule has 30 heavy (non-hydrogen) atoms. The molecule has 1 saturated heterocycles. The quantitative estimate of drug-likeness (QED) is 0.658. The fourth-order valence-corrected chi connectivity index (χ4v) is 4.98. The van der Waals surface area contributed by atoms with Crippen LogP contribution in [0.1, 0.15) is 49.7 Å². The van der Waals surface area contributed by atoms with E-state index in [-0.39, 0.29) is 17.1 Å². The number of anilines is 2. The molecular formula is C24H28FN3OS. The minimum absolute atomic E-state index is 0.00463. The maximum Gasteiger partial charge on any atom is 0.227 e. The Morgan fingerprint density at radius 1 is 1.13 bits per heavy atom. The highest BCUT2D eigenvalue weighted by atomic mass is 32.1. The minimum Gasteiger partial charge on any atom is -0.362 e. The maximum atomic E-state index is 13.4. The first-order valence-electron chi connectivity index (χ1n) is 10.7. The van der Waals surface area contributed by atoms with E-state index in [1.165, 1.54) is 18.4 Å². The summed E-state index contributed by atoms with van der Waals surface area (Å²) in [6.07, 6.45) is 6.05. The molecule has 0 radical (unpaired) electrons. The SMILES string of the molecule is Cc1cc(NC(=S)NCC2(c3ccc(F)cc3)CCCC2)ccc1N1CCCC1=O. The van der Waals surface area contributed by atoms with Gasteiger partial charge in [-0.15, -0.1) is 0 Å². The molecule has 2 aliphatic rings. The number of carbonyl (C=O) groups excluding carboxylic acids is 1. The highest BCUT2D eigenvalue weighted by Crippen LogP contribution is 2.40. The smallest absolute Gasteiger partial charge is 0.227 e. The standard InChI is InChI=1S/C24H28FN3OS/c1-17-15-20(10-11-21(17)28-14-4-5-22(28)29)27-23(30)26-16-24(12-2-3-13-24)18-6-8-19(25)9-7-18/h6-11,15H,2-5,12-14,16H2,1H3,(H2,26,27,30). The van der Waals surface area contributed by atoms with Crippen LogP contribution >= 0.6 is 12.2 Å². The molecule has 1 aliphatic heterocycles. The normalized spacial score (nSPS) is 17.9. The van der Waals surface area contributed by atoms with Crippen molar-refractivity contribution in [1.29, 1.82) is 0 Å². The first kappa shape index (κ1) is 20.8. The molecule has 1 saturated carbocycles. The van der Waals surface area contributed by atoms with Gasteiger partial charge in [-0.2, -0.15) is 0 Å². The molecule has 6 heteroatoms. The van der Waals surface area contributed by atoms with Gasteiger partial charge in [0.25, 0.3) is 0 Å². The largest absolute Gasteiger partial charge is 0.362 e. The van der Waals surface area contributed by atoms with Gasteiger partial charge in [-0.05, 0) is 79.9 Å². The van der Waals surface area contributed by atoms with Gasteiger partial charge in [-0.1, -0.05) is 25.0 Å². The van der Waals surface area contributed by atoms with Gasteiger partial charge < -0.3 is 15.5 Å². The Morgan fingerprint density at radius 3 is 2.50 bits per heavy atom. The molecule has 1 amide bonds. The fraction of sp³-hybridized carbons (Fsp3) is 0.417. The third-order valence-electron chi connectivity index (χ3n) is 6.42. The van der Waals surface area contributed by atoms with Gasteiger partial charge in [-0.25, -0.2) is 4.39 Å². The van der Waals surface area contributed by atoms with Gasteiger partial charge in [0.05, 0.1) is 0 Å². The molecule has 2 aromatic carbocycles. The van der Waals surface area contributed by atoms with Gasteiger partial charge in [0.15, 0.2) is 5.11 Å². The number of thiocarbonyl (C=S) groups is 1. The third kappa shape index (κ3) is 4.33. The maximum absolute atomic E-state index is 13.4. The van der Waals surface area contributed by atoms with Crippen molar-refractivity contribution < 1.29 is 9.18 Å². The predicted octanol–water partition coefficient (Wildman–Crippen LogP) is 5.06. The van der Waals surface area contributed by atoms with Gasteiger partial charge in [0.2, 0.25) is 5.91 Å². The van der Waals surface area contributed by atoms with Crippen molar-refractivity contribution in [2.45, 2.75) is 50.9 Å². The molecule has 2 N–H and O–H groups in total. The Morgan fingerprint density at radius 2 is 1.87 bits per heavy atom. The summed E-state index contributed by atoms with van der Waals surface area (Å²) in [5.41, 5.74) is 4.10. The predicted molar refractivity (Wildman–Crippen MR) is 124 cm³/mol. The molecule has 1 aliphatic carbocycles. The zero-order valence-electron chi connectivity index (χ0n) is 17.3. The number of carbonyl (C=O) groups is 1. The van der Waals surface area contributed by atoms with E-state index in [4.69, 9.17) is 12.2 Å². The number of nitrogens with zero attached hydrogens (tertiary/aromatic N) is 1. The van der Waals surface area contributed by atoms with Crippen LogP contribution in [0.25, 0.3) is 0 Å². The second kappa shape index (κ2) is 8.72. The van der Waals surface area contributed by atoms with Gasteiger partial charge in [0, 0.05) is 36.3 Å². The second-order valence-corrected chi connectivity index (χ2v) is 8.86. The van der Waals surface area contributed by atoms with Crippen LogP contribution in [0.5, 0.6) is 0 Å². The van der Waals surface area contributed by atoms with Crippen molar-refractivity contribution >= 4 is 34.6 Å². The number of aryl methyl sites for hydroxylation is 1. The van der Waals surface area contributed by atoms with Crippen LogP contribution in [0.2, 0.25) is 0 Å². The minimum atomic E-state index is -0.202. The molecule has 2 aromatic rings. The highest BCUT2D eigenvalue weighted by Gasteiger charge is 2.35. The number of benzene rings is 2. The Balaban J connectivity index is 1.40. The van der Waals surface area contributed by atoms with Crippen molar-refractivity contribution in [2.24, 2.45) is 0 Å². The Bertz CT molecular complexity index is 938. The topological polar surface area (TPSA) is 44.4 Å². The molecule has 0 unspecified atom stereocenters. The first-order valence-corrected chi connectivity index (χ1v) is 11.1. The summed E-state index contributed by atoms with van der Waals surface area (Å²) in [6, 6.07) is 12.9. The summed E-state index contributed by atoms with van der Waals surface area (Å²) in [4.78, 5) is 13.9. The van der Waals surface area contributed by atoms with Crippen molar-refractivity contribution in [2.75, 3.05) is 23.3 Å². The van der Waals surface area contributed by atoms with Gasteiger partial charge >= 0.3 is 0 Å². The zero-order chi connectivity index (χ0) is 21.1. The van der Waals surface area contributed by atoms with Crippen LogP contribution in [-0.4, -0.2) is 24.1 Å². The van der Waals surface area contributed by atoms with E-state index in [0.29, 0.717) is 11.5 Å². The van der Waals surface area contributed by atoms with E-state index in [2.05, 4.69) is 10.6 Å². The van der Waals surface area contributed by atoms with Crippen LogP contribution in [0.15, 0.2) is 42.5 Å². The fourth-order valence-electron chi connectivity index (χ4n) is 4.79. The monoisotopic (exact) mass is 425 g/mol. The third-order valence-corrected chi connectivity index (χ3v) is 6.67. The van der Waals surface area contributed by atoms with E-state index in [0.717, 1.165) is 49.3 Å². The van der Waals surface area contributed by atoms with Crippen molar-refractivity contribution in [1.82, 2.24) is 5.32 Å². The van der Waals surface area contributed by atoms with E-state index in [1.807, 2.05) is 42.2 Å². The molecule has 0 spiro atoms. The average Bonchev–Trinajstić information content (AvgIpc) is 3.37. The molecule has 158 valence electrons. The Kier molecular flexibility index (Phi) is 6.04. The number of hydrogen-bond acceptors (Lipinski definition) is 2. The molecule has 4 nitrogen and oxygen atoms in total. The van der Waals surface area contributed by atoms with Gasteiger partial charge in [-0.3, -0.25) is 4.79 Å². The molecule has 0 bridgehead atoms. The van der Waals surface area contributed by atoms with Crippen LogP contribution in [0.3, 0.4) is 0 Å². The molecule has 0 atom stereocenters. The number of nitrogens with one attached hydrogen (secondary N) is 2. The van der Waals surface area contributed by atoms with Crippen LogP contribution in [0.4, 0.5) is 15.8 Å². The lowest BCUT2D eigenvalue weighted by Gasteiger charge is -2.30. The number of halogens is 1. The Hall–Kier alpha value is -2.47. The lowest BCUT2D eigenvalue weighted by Crippen LogP contribution is -2.40. The van der Waals surface area contributed by atoms with E-state index in [9.17, 15) is 9.18 Å². The number of hydrogen-bond donors (Lipinski definition) is 2. The lowest BCUT2D eigenvalue weighted by molar-refractivity contribution is -0.117.